The van der Waals surface area contributed by atoms with Crippen LogP contribution in [0.5, 0.6) is 0 Å². The van der Waals surface area contributed by atoms with Gasteiger partial charge in [0.2, 0.25) is 0 Å². The molecular formula is C13H22N2O4. The number of carbonyl (C=O) groups is 2. The molecule has 108 valence electrons. The molecule has 19 heavy (non-hydrogen) atoms. The molecular weight excluding hydrogens is 248 g/mol. The first-order valence-electron chi connectivity index (χ1n) is 6.93. The number of likely N-dealkylation sites (tertiary alicyclic amines) is 2. The Bertz CT molecular complexity index is 361. The number of carboxylic acids is 1. The molecule has 2 aliphatic heterocycles. The second-order valence-corrected chi connectivity index (χ2v) is 5.62. The summed E-state index contributed by atoms with van der Waals surface area (Å²) in [6.45, 7) is 3.57. The van der Waals surface area contributed by atoms with E-state index in [2.05, 4.69) is 0 Å². The molecule has 2 saturated heterocycles. The zero-order valence-electron chi connectivity index (χ0n) is 11.3. The van der Waals surface area contributed by atoms with Crippen molar-refractivity contribution < 1.29 is 19.8 Å². The average molecular weight is 270 g/mol. The van der Waals surface area contributed by atoms with E-state index in [0.717, 1.165) is 12.8 Å². The van der Waals surface area contributed by atoms with Crippen molar-refractivity contribution in [3.05, 3.63) is 0 Å². The highest BCUT2D eigenvalue weighted by molar-refractivity contribution is 5.77. The van der Waals surface area contributed by atoms with Crippen LogP contribution in [0.2, 0.25) is 0 Å². The van der Waals surface area contributed by atoms with Gasteiger partial charge in [-0.15, -0.1) is 0 Å². The third kappa shape index (κ3) is 2.83. The third-order valence-electron chi connectivity index (χ3n) is 4.36. The summed E-state index contributed by atoms with van der Waals surface area (Å²) in [5, 5.41) is 18.4. The number of aliphatic carboxylic acids is 1. The minimum Gasteiger partial charge on any atom is -0.481 e. The Hall–Kier alpha value is -1.30. The number of nitrogens with zero attached hydrogens (tertiary/aromatic N) is 2. The van der Waals surface area contributed by atoms with Crippen LogP contribution >= 0.6 is 0 Å². The molecule has 2 rings (SSSR count). The van der Waals surface area contributed by atoms with Crippen molar-refractivity contribution in [3.8, 4) is 0 Å². The highest BCUT2D eigenvalue weighted by Gasteiger charge is 2.38. The number of carbonyl (C=O) groups excluding carboxylic acids is 1. The van der Waals surface area contributed by atoms with Gasteiger partial charge in [0.05, 0.1) is 18.6 Å². The van der Waals surface area contributed by atoms with Crippen LogP contribution in [0.4, 0.5) is 4.79 Å². The zero-order valence-corrected chi connectivity index (χ0v) is 11.3. The standard InChI is InChI=1S/C13H22N2O4/c1-9-4-6-15(11(9)8-16)13(19)14-5-2-3-10(7-14)12(17)18/h9-11,16H,2-8H2,1H3,(H,17,18)/t9?,10-,11?/m0/s1. The molecule has 6 heteroatoms. The number of urea groups is 1. The van der Waals surface area contributed by atoms with E-state index in [4.69, 9.17) is 5.11 Å². The first kappa shape index (κ1) is 14.1. The normalized spacial score (nSPS) is 31.6. The van der Waals surface area contributed by atoms with Crippen LogP contribution in [0, 0.1) is 11.8 Å². The molecule has 3 atom stereocenters. The first-order valence-corrected chi connectivity index (χ1v) is 6.93. The van der Waals surface area contributed by atoms with E-state index in [1.54, 1.807) is 9.80 Å². The van der Waals surface area contributed by atoms with Crippen LogP contribution in [0.25, 0.3) is 0 Å². The number of piperidine rings is 1. The van der Waals surface area contributed by atoms with Gasteiger partial charge in [-0.2, -0.15) is 0 Å². The topological polar surface area (TPSA) is 81.1 Å². The van der Waals surface area contributed by atoms with Gasteiger partial charge in [0.15, 0.2) is 0 Å². The van der Waals surface area contributed by atoms with Crippen LogP contribution in [0.3, 0.4) is 0 Å². The third-order valence-corrected chi connectivity index (χ3v) is 4.36. The molecule has 0 bridgehead atoms. The van der Waals surface area contributed by atoms with Crippen LogP contribution in [0.15, 0.2) is 0 Å². The molecule has 0 aromatic heterocycles. The zero-order chi connectivity index (χ0) is 14.0. The fourth-order valence-corrected chi connectivity index (χ4v) is 3.06. The summed E-state index contributed by atoms with van der Waals surface area (Å²) in [6, 6.07) is -0.243. The van der Waals surface area contributed by atoms with E-state index in [9.17, 15) is 14.7 Å². The van der Waals surface area contributed by atoms with Gasteiger partial charge in [0.1, 0.15) is 0 Å². The summed E-state index contributed by atoms with van der Waals surface area (Å²) in [6.07, 6.45) is 2.27. The number of rotatable bonds is 2. The minimum atomic E-state index is -0.828. The predicted molar refractivity (Wildman–Crippen MR) is 68.7 cm³/mol. The Morgan fingerprint density at radius 3 is 2.63 bits per heavy atom. The molecule has 2 unspecified atom stereocenters. The molecule has 0 aromatic rings. The van der Waals surface area contributed by atoms with E-state index in [-0.39, 0.29) is 25.2 Å². The largest absolute Gasteiger partial charge is 0.481 e. The lowest BCUT2D eigenvalue weighted by atomic mass is 9.98. The average Bonchev–Trinajstić information content (AvgIpc) is 2.79. The molecule has 2 amide bonds. The first-order chi connectivity index (χ1) is 9.04. The van der Waals surface area contributed by atoms with Crippen molar-refractivity contribution in [1.82, 2.24) is 9.80 Å². The molecule has 2 N–H and O–H groups in total. The highest BCUT2D eigenvalue weighted by atomic mass is 16.4. The van der Waals surface area contributed by atoms with Gasteiger partial charge in [-0.1, -0.05) is 6.92 Å². The van der Waals surface area contributed by atoms with E-state index < -0.39 is 11.9 Å². The van der Waals surface area contributed by atoms with Gasteiger partial charge in [0, 0.05) is 19.6 Å². The lowest BCUT2D eigenvalue weighted by Gasteiger charge is -2.36. The van der Waals surface area contributed by atoms with E-state index in [0.29, 0.717) is 25.4 Å². The van der Waals surface area contributed by atoms with Gasteiger partial charge in [0.25, 0.3) is 0 Å². The molecule has 6 nitrogen and oxygen atoms in total. The summed E-state index contributed by atoms with van der Waals surface area (Å²) < 4.78 is 0. The smallest absolute Gasteiger partial charge is 0.320 e. The van der Waals surface area contributed by atoms with Crippen molar-refractivity contribution in [1.29, 1.82) is 0 Å². The monoisotopic (exact) mass is 270 g/mol. The molecule has 0 spiro atoms. The molecule has 0 aromatic carbocycles. The quantitative estimate of drug-likeness (QED) is 0.770. The summed E-state index contributed by atoms with van der Waals surface area (Å²) in [5.41, 5.74) is 0. The van der Waals surface area contributed by atoms with E-state index in [1.165, 1.54) is 0 Å². The Balaban J connectivity index is 2.01. The minimum absolute atomic E-state index is 0.0247. The summed E-state index contributed by atoms with van der Waals surface area (Å²) in [7, 11) is 0. The van der Waals surface area contributed by atoms with Gasteiger partial charge in [-0.25, -0.2) is 4.79 Å². The molecule has 0 saturated carbocycles. The van der Waals surface area contributed by atoms with Crippen LogP contribution in [0.1, 0.15) is 26.2 Å². The fourth-order valence-electron chi connectivity index (χ4n) is 3.06. The molecule has 2 aliphatic rings. The van der Waals surface area contributed by atoms with E-state index >= 15 is 0 Å². The summed E-state index contributed by atoms with van der Waals surface area (Å²) >= 11 is 0. The van der Waals surface area contributed by atoms with Crippen LogP contribution < -0.4 is 0 Å². The van der Waals surface area contributed by atoms with Gasteiger partial charge >= 0.3 is 12.0 Å². The second kappa shape index (κ2) is 5.77. The van der Waals surface area contributed by atoms with Crippen LogP contribution in [-0.2, 0) is 4.79 Å². The number of hydrogen-bond donors (Lipinski definition) is 2. The number of amides is 2. The predicted octanol–water partition coefficient (Wildman–Crippen LogP) is 0.606. The highest BCUT2D eigenvalue weighted by Crippen LogP contribution is 2.26. The van der Waals surface area contributed by atoms with Crippen molar-refractivity contribution in [2.24, 2.45) is 11.8 Å². The molecule has 0 aliphatic carbocycles. The maximum atomic E-state index is 12.4. The van der Waals surface area contributed by atoms with Crippen molar-refractivity contribution >= 4 is 12.0 Å². The Kier molecular flexibility index (Phi) is 4.29. The number of aliphatic hydroxyl groups excluding tert-OH is 1. The fraction of sp³-hybridized carbons (Fsp3) is 0.846. The maximum Gasteiger partial charge on any atom is 0.320 e. The lowest BCUT2D eigenvalue weighted by Crippen LogP contribution is -2.51. The molecule has 2 fully saturated rings. The Morgan fingerprint density at radius 2 is 2.00 bits per heavy atom. The van der Waals surface area contributed by atoms with Gasteiger partial charge in [-0.3, -0.25) is 4.79 Å². The second-order valence-electron chi connectivity index (χ2n) is 5.62. The Morgan fingerprint density at radius 1 is 1.26 bits per heavy atom. The molecule has 0 radical (unpaired) electrons. The number of carboxylic acid groups (broad SMARTS) is 1. The maximum absolute atomic E-state index is 12.4. The SMILES string of the molecule is CC1CCN(C(=O)N2CCC[C@H](C(=O)O)C2)C1CO. The number of aliphatic hydroxyl groups is 1. The number of hydrogen-bond acceptors (Lipinski definition) is 3. The lowest BCUT2D eigenvalue weighted by molar-refractivity contribution is -0.143. The molecule has 2 heterocycles. The van der Waals surface area contributed by atoms with Crippen molar-refractivity contribution in [2.75, 3.05) is 26.2 Å². The van der Waals surface area contributed by atoms with Gasteiger partial charge in [-0.05, 0) is 25.2 Å². The summed E-state index contributed by atoms with van der Waals surface area (Å²) in [5.74, 6) is -0.981. The Labute approximate surface area is 113 Å². The van der Waals surface area contributed by atoms with Crippen molar-refractivity contribution in [3.63, 3.8) is 0 Å². The van der Waals surface area contributed by atoms with E-state index in [1.807, 2.05) is 6.92 Å². The summed E-state index contributed by atoms with van der Waals surface area (Å²) in [4.78, 5) is 26.8. The van der Waals surface area contributed by atoms with Gasteiger partial charge < -0.3 is 20.0 Å². The van der Waals surface area contributed by atoms with Crippen molar-refractivity contribution in [2.45, 2.75) is 32.2 Å². The van der Waals surface area contributed by atoms with Crippen LogP contribution in [-0.4, -0.2) is 64.3 Å².